The third kappa shape index (κ3) is 5.77. The molecule has 0 bridgehead atoms. The number of halogens is 1. The summed E-state index contributed by atoms with van der Waals surface area (Å²) in [7, 11) is 1.73. The molecule has 1 heterocycles. The number of carbonyl (C=O) groups is 2. The molecule has 3 aromatic rings. The Balaban J connectivity index is 0.00000306. The number of hydrogen-bond donors (Lipinski definition) is 2. The van der Waals surface area contributed by atoms with Gasteiger partial charge in [0.15, 0.2) is 0 Å². The highest BCUT2D eigenvalue weighted by Gasteiger charge is 2.32. The molecule has 0 aliphatic carbocycles. The second-order valence-corrected chi connectivity index (χ2v) is 8.90. The van der Waals surface area contributed by atoms with E-state index in [9.17, 15) is 9.59 Å². The van der Waals surface area contributed by atoms with E-state index < -0.39 is 6.04 Å². The summed E-state index contributed by atoms with van der Waals surface area (Å²) in [5, 5.41) is 5.86. The van der Waals surface area contributed by atoms with Crippen LogP contribution in [0.3, 0.4) is 0 Å². The lowest BCUT2D eigenvalue weighted by Gasteiger charge is -2.27. The Morgan fingerprint density at radius 1 is 1.03 bits per heavy atom. The second kappa shape index (κ2) is 11.4. The number of para-hydroxylation sites is 1. The zero-order valence-electron chi connectivity index (χ0n) is 18.7. The van der Waals surface area contributed by atoms with Gasteiger partial charge < -0.3 is 15.5 Å². The highest BCUT2D eigenvalue weighted by atomic mass is 35.5. The van der Waals surface area contributed by atoms with Crippen molar-refractivity contribution in [3.63, 3.8) is 0 Å². The highest BCUT2D eigenvalue weighted by molar-refractivity contribution is 7.99. The maximum atomic E-state index is 13.6. The molecule has 2 atom stereocenters. The summed E-state index contributed by atoms with van der Waals surface area (Å²) >= 11 is 1.60. The Bertz CT molecular complexity index is 1110. The number of rotatable bonds is 6. The normalized spacial score (nSPS) is 16.2. The number of nitrogens with one attached hydrogen (secondary N) is 2. The monoisotopic (exact) mass is 481 g/mol. The molecule has 0 radical (unpaired) electrons. The molecule has 0 fully saturated rings. The van der Waals surface area contributed by atoms with Gasteiger partial charge in [-0.2, -0.15) is 0 Å². The van der Waals surface area contributed by atoms with E-state index in [1.54, 1.807) is 30.6 Å². The first kappa shape index (κ1) is 24.8. The fraction of sp³-hybridized carbons (Fsp3) is 0.231. The maximum absolute atomic E-state index is 13.6. The van der Waals surface area contributed by atoms with E-state index in [1.807, 2.05) is 54.6 Å². The van der Waals surface area contributed by atoms with Gasteiger partial charge in [0.05, 0.1) is 18.3 Å². The summed E-state index contributed by atoms with van der Waals surface area (Å²) in [6.07, 6.45) is 0. The summed E-state index contributed by atoms with van der Waals surface area (Å²) in [5.74, 6) is 0.228. The minimum Gasteiger partial charge on any atom is -0.342 e. The van der Waals surface area contributed by atoms with Crippen molar-refractivity contribution < 1.29 is 9.59 Å². The summed E-state index contributed by atoms with van der Waals surface area (Å²) in [6.45, 7) is 2.22. The second-order valence-electron chi connectivity index (χ2n) is 7.84. The van der Waals surface area contributed by atoms with Gasteiger partial charge in [0.25, 0.3) is 5.91 Å². The molecule has 33 heavy (non-hydrogen) atoms. The van der Waals surface area contributed by atoms with Gasteiger partial charge in [-0.3, -0.25) is 9.59 Å². The van der Waals surface area contributed by atoms with Crippen LogP contribution in [0, 0.1) is 0 Å². The summed E-state index contributed by atoms with van der Waals surface area (Å²) in [6, 6.07) is 25.4. The van der Waals surface area contributed by atoms with Crippen LogP contribution in [-0.4, -0.2) is 36.7 Å². The SMILES string of the molecule is CN[C@@H](C)C(=O)NC1CSc2ccccc2N(Cc2cccc(-c3ccccc3)c2)C1=O.Cl. The van der Waals surface area contributed by atoms with Gasteiger partial charge >= 0.3 is 0 Å². The zero-order chi connectivity index (χ0) is 22.5. The molecule has 2 amide bonds. The molecule has 5 nitrogen and oxygen atoms in total. The van der Waals surface area contributed by atoms with Crippen LogP contribution in [0.4, 0.5) is 5.69 Å². The lowest BCUT2D eigenvalue weighted by Crippen LogP contribution is -2.53. The number of likely N-dealkylation sites (N-methyl/N-ethyl adjacent to an activating group) is 1. The molecule has 3 aromatic carbocycles. The molecule has 7 heteroatoms. The molecular formula is C26H28ClN3O2S. The number of carbonyl (C=O) groups excluding carboxylic acids is 2. The van der Waals surface area contributed by atoms with Crippen LogP contribution < -0.4 is 15.5 Å². The Hall–Kier alpha value is -2.80. The van der Waals surface area contributed by atoms with Crippen molar-refractivity contribution in [2.45, 2.75) is 30.4 Å². The lowest BCUT2D eigenvalue weighted by atomic mass is 10.0. The van der Waals surface area contributed by atoms with Gasteiger partial charge in [0, 0.05) is 10.6 Å². The molecule has 1 aliphatic heterocycles. The number of thioether (sulfide) groups is 1. The van der Waals surface area contributed by atoms with E-state index in [0.717, 1.165) is 27.3 Å². The van der Waals surface area contributed by atoms with Crippen LogP contribution in [0.5, 0.6) is 0 Å². The minimum atomic E-state index is -0.590. The predicted molar refractivity (Wildman–Crippen MR) is 138 cm³/mol. The van der Waals surface area contributed by atoms with Crippen molar-refractivity contribution in [3.8, 4) is 11.1 Å². The molecule has 2 N–H and O–H groups in total. The van der Waals surface area contributed by atoms with Gasteiger partial charge in [-0.1, -0.05) is 60.7 Å². The van der Waals surface area contributed by atoms with Crippen LogP contribution in [-0.2, 0) is 16.1 Å². The van der Waals surface area contributed by atoms with E-state index >= 15 is 0 Å². The van der Waals surface area contributed by atoms with Crippen molar-refractivity contribution >= 4 is 41.7 Å². The number of fused-ring (bicyclic) bond motifs is 1. The molecule has 4 rings (SSSR count). The van der Waals surface area contributed by atoms with E-state index in [2.05, 4.69) is 34.9 Å². The maximum Gasteiger partial charge on any atom is 0.250 e. The van der Waals surface area contributed by atoms with Crippen LogP contribution >= 0.6 is 24.2 Å². The third-order valence-electron chi connectivity index (χ3n) is 5.64. The van der Waals surface area contributed by atoms with Gasteiger partial charge in [-0.05, 0) is 48.9 Å². The summed E-state index contributed by atoms with van der Waals surface area (Å²) in [5.41, 5.74) is 4.17. The number of amides is 2. The molecule has 1 unspecified atom stereocenters. The van der Waals surface area contributed by atoms with Gasteiger partial charge in [-0.25, -0.2) is 0 Å². The first-order valence-corrected chi connectivity index (χ1v) is 11.7. The van der Waals surface area contributed by atoms with E-state index in [4.69, 9.17) is 0 Å². The third-order valence-corrected chi connectivity index (χ3v) is 6.80. The van der Waals surface area contributed by atoms with Crippen molar-refractivity contribution in [2.24, 2.45) is 0 Å². The van der Waals surface area contributed by atoms with Gasteiger partial charge in [-0.15, -0.1) is 24.2 Å². The average molecular weight is 482 g/mol. The smallest absolute Gasteiger partial charge is 0.250 e. The zero-order valence-corrected chi connectivity index (χ0v) is 20.3. The van der Waals surface area contributed by atoms with Crippen LogP contribution in [0.2, 0.25) is 0 Å². The number of nitrogens with zero attached hydrogens (tertiary/aromatic N) is 1. The molecule has 0 saturated heterocycles. The minimum absolute atomic E-state index is 0. The van der Waals surface area contributed by atoms with Crippen molar-refractivity contribution in [3.05, 3.63) is 84.4 Å². The van der Waals surface area contributed by atoms with Crippen molar-refractivity contribution in [1.82, 2.24) is 10.6 Å². The lowest BCUT2D eigenvalue weighted by molar-refractivity contribution is -0.128. The molecule has 0 spiro atoms. The van der Waals surface area contributed by atoms with E-state index in [-0.39, 0.29) is 30.3 Å². The van der Waals surface area contributed by atoms with Crippen molar-refractivity contribution in [2.75, 3.05) is 17.7 Å². The fourth-order valence-corrected chi connectivity index (χ4v) is 4.78. The van der Waals surface area contributed by atoms with Gasteiger partial charge in [0.1, 0.15) is 6.04 Å². The van der Waals surface area contributed by atoms with Crippen LogP contribution in [0.25, 0.3) is 11.1 Å². The van der Waals surface area contributed by atoms with Crippen molar-refractivity contribution in [1.29, 1.82) is 0 Å². The largest absolute Gasteiger partial charge is 0.342 e. The van der Waals surface area contributed by atoms with Crippen LogP contribution in [0.15, 0.2) is 83.8 Å². The fourth-order valence-electron chi connectivity index (χ4n) is 3.71. The Kier molecular flexibility index (Phi) is 8.55. The average Bonchev–Trinajstić information content (AvgIpc) is 2.96. The standard InChI is InChI=1S/C26H27N3O2S.ClH/c1-18(27-2)25(30)28-22-17-32-24-14-7-6-13-23(24)29(26(22)31)16-19-9-8-12-21(15-19)20-10-4-3-5-11-20;/h3-15,18,22,27H,16-17H2,1-2H3,(H,28,30);1H/t18-,22?;/m0./s1. The molecule has 172 valence electrons. The molecular weight excluding hydrogens is 454 g/mol. The highest BCUT2D eigenvalue weighted by Crippen LogP contribution is 2.35. The molecule has 0 aromatic heterocycles. The molecule has 1 aliphatic rings. The van der Waals surface area contributed by atoms with E-state index in [0.29, 0.717) is 12.3 Å². The Labute approximate surface area is 205 Å². The Morgan fingerprint density at radius 3 is 2.48 bits per heavy atom. The quantitative estimate of drug-likeness (QED) is 0.544. The summed E-state index contributed by atoms with van der Waals surface area (Å²) < 4.78 is 0. The van der Waals surface area contributed by atoms with E-state index in [1.165, 1.54) is 0 Å². The van der Waals surface area contributed by atoms with Gasteiger partial charge in [0.2, 0.25) is 5.91 Å². The number of hydrogen-bond acceptors (Lipinski definition) is 4. The molecule has 0 saturated carbocycles. The predicted octanol–water partition coefficient (Wildman–Crippen LogP) is 4.51. The Morgan fingerprint density at radius 2 is 1.73 bits per heavy atom. The first-order valence-electron chi connectivity index (χ1n) is 10.7. The van der Waals surface area contributed by atoms with Crippen LogP contribution in [0.1, 0.15) is 12.5 Å². The number of benzene rings is 3. The topological polar surface area (TPSA) is 61.4 Å². The number of anilines is 1. The first-order chi connectivity index (χ1) is 15.6. The summed E-state index contributed by atoms with van der Waals surface area (Å²) in [4.78, 5) is 28.9.